The van der Waals surface area contributed by atoms with Crippen molar-refractivity contribution in [3.8, 4) is 0 Å². The molecule has 114 valence electrons. The molecule has 2 fully saturated rings. The zero-order valence-electron chi connectivity index (χ0n) is 13.0. The molecule has 0 heterocycles. The molecule has 0 aromatic heterocycles. The number of esters is 1. The summed E-state index contributed by atoms with van der Waals surface area (Å²) in [5, 5.41) is 0. The van der Waals surface area contributed by atoms with Gasteiger partial charge in [-0.05, 0) is 51.4 Å². The molecule has 3 heteroatoms. The standard InChI is InChI=1S/C17H28O3/c1-13(2)16(18)20-17(14-7-5-4-6-8-14)11-9-15(19-3)10-12-17/h14-15H,1,4-12H2,2-3H3. The summed E-state index contributed by atoms with van der Waals surface area (Å²) >= 11 is 0. The van der Waals surface area contributed by atoms with Gasteiger partial charge in [0.25, 0.3) is 0 Å². The number of rotatable bonds is 4. The lowest BCUT2D eigenvalue weighted by Gasteiger charge is -2.46. The molecule has 2 aliphatic carbocycles. The monoisotopic (exact) mass is 280 g/mol. The summed E-state index contributed by atoms with van der Waals surface area (Å²) in [7, 11) is 1.78. The predicted molar refractivity (Wildman–Crippen MR) is 79.5 cm³/mol. The van der Waals surface area contributed by atoms with Gasteiger partial charge in [0.05, 0.1) is 6.10 Å². The highest BCUT2D eigenvalue weighted by Crippen LogP contribution is 2.45. The van der Waals surface area contributed by atoms with Crippen LogP contribution in [-0.2, 0) is 14.3 Å². The Morgan fingerprint density at radius 1 is 1.10 bits per heavy atom. The van der Waals surface area contributed by atoms with E-state index in [2.05, 4.69) is 6.58 Å². The number of ether oxygens (including phenoxy) is 2. The Morgan fingerprint density at radius 3 is 2.20 bits per heavy atom. The fourth-order valence-corrected chi connectivity index (χ4v) is 3.81. The molecular weight excluding hydrogens is 252 g/mol. The van der Waals surface area contributed by atoms with Gasteiger partial charge in [-0.1, -0.05) is 25.8 Å². The molecule has 2 rings (SSSR count). The number of carbonyl (C=O) groups excluding carboxylic acids is 1. The summed E-state index contributed by atoms with van der Waals surface area (Å²) in [5.74, 6) is 0.309. The summed E-state index contributed by atoms with van der Waals surface area (Å²) in [4.78, 5) is 12.1. The van der Waals surface area contributed by atoms with E-state index in [1.54, 1.807) is 14.0 Å². The molecule has 0 aliphatic heterocycles. The Hall–Kier alpha value is -0.830. The van der Waals surface area contributed by atoms with Crippen LogP contribution in [0.1, 0.15) is 64.7 Å². The molecule has 0 atom stereocenters. The maximum Gasteiger partial charge on any atom is 0.333 e. The average Bonchev–Trinajstić information content (AvgIpc) is 2.48. The van der Waals surface area contributed by atoms with Crippen LogP contribution in [0.2, 0.25) is 0 Å². The number of hydrogen-bond acceptors (Lipinski definition) is 3. The molecule has 0 saturated heterocycles. The topological polar surface area (TPSA) is 35.5 Å². The van der Waals surface area contributed by atoms with E-state index >= 15 is 0 Å². The van der Waals surface area contributed by atoms with E-state index in [1.807, 2.05) is 0 Å². The fraction of sp³-hybridized carbons (Fsp3) is 0.824. The lowest BCUT2D eigenvalue weighted by Crippen LogP contribution is -2.47. The molecule has 2 saturated carbocycles. The fourth-order valence-electron chi connectivity index (χ4n) is 3.81. The largest absolute Gasteiger partial charge is 0.455 e. The van der Waals surface area contributed by atoms with Crippen LogP contribution < -0.4 is 0 Å². The third kappa shape index (κ3) is 3.43. The normalized spacial score (nSPS) is 31.8. The van der Waals surface area contributed by atoms with Gasteiger partial charge >= 0.3 is 5.97 Å². The Balaban J connectivity index is 2.10. The van der Waals surface area contributed by atoms with E-state index in [1.165, 1.54) is 32.1 Å². The van der Waals surface area contributed by atoms with E-state index in [0.29, 0.717) is 17.6 Å². The third-order valence-electron chi connectivity index (χ3n) is 5.11. The first-order valence-electron chi connectivity index (χ1n) is 7.99. The molecule has 0 aromatic rings. The molecule has 0 aromatic carbocycles. The lowest BCUT2D eigenvalue weighted by atomic mass is 9.69. The molecule has 0 spiro atoms. The van der Waals surface area contributed by atoms with Crippen molar-refractivity contribution in [2.45, 2.75) is 76.4 Å². The van der Waals surface area contributed by atoms with Crippen molar-refractivity contribution in [2.75, 3.05) is 7.11 Å². The Kier molecular flexibility index (Phi) is 5.25. The molecule has 0 bridgehead atoms. The first kappa shape index (κ1) is 15.6. The number of methoxy groups -OCH3 is 1. The van der Waals surface area contributed by atoms with E-state index < -0.39 is 0 Å². The second-order valence-electron chi connectivity index (χ2n) is 6.50. The van der Waals surface area contributed by atoms with E-state index in [4.69, 9.17) is 9.47 Å². The number of hydrogen-bond donors (Lipinski definition) is 0. The van der Waals surface area contributed by atoms with Crippen LogP contribution in [0, 0.1) is 5.92 Å². The Bertz CT molecular complexity index is 347. The minimum atomic E-state index is -0.258. The van der Waals surface area contributed by atoms with Crippen LogP contribution in [0.25, 0.3) is 0 Å². The SMILES string of the molecule is C=C(C)C(=O)OC1(C2CCCCC2)CCC(OC)CC1. The molecule has 3 nitrogen and oxygen atoms in total. The molecule has 0 unspecified atom stereocenters. The maximum atomic E-state index is 12.1. The zero-order valence-corrected chi connectivity index (χ0v) is 13.0. The Morgan fingerprint density at radius 2 is 1.70 bits per heavy atom. The van der Waals surface area contributed by atoms with Crippen molar-refractivity contribution in [3.63, 3.8) is 0 Å². The quantitative estimate of drug-likeness (QED) is 0.576. The molecule has 0 amide bonds. The van der Waals surface area contributed by atoms with Gasteiger partial charge in [0.15, 0.2) is 0 Å². The van der Waals surface area contributed by atoms with Crippen LogP contribution in [0.3, 0.4) is 0 Å². The van der Waals surface area contributed by atoms with Gasteiger partial charge < -0.3 is 9.47 Å². The van der Waals surface area contributed by atoms with Crippen LogP contribution in [0.5, 0.6) is 0 Å². The van der Waals surface area contributed by atoms with Gasteiger partial charge in [0, 0.05) is 12.7 Å². The van der Waals surface area contributed by atoms with Crippen molar-refractivity contribution < 1.29 is 14.3 Å². The highest BCUT2D eigenvalue weighted by atomic mass is 16.6. The smallest absolute Gasteiger partial charge is 0.333 e. The second-order valence-corrected chi connectivity index (χ2v) is 6.50. The van der Waals surface area contributed by atoms with Crippen LogP contribution in [0.15, 0.2) is 12.2 Å². The maximum absolute atomic E-state index is 12.1. The van der Waals surface area contributed by atoms with Crippen LogP contribution in [-0.4, -0.2) is 24.8 Å². The van der Waals surface area contributed by atoms with Gasteiger partial charge in [-0.3, -0.25) is 0 Å². The second kappa shape index (κ2) is 6.75. The molecule has 2 aliphatic rings. The predicted octanol–water partition coefficient (Wildman–Crippen LogP) is 4.01. The number of carbonyl (C=O) groups is 1. The van der Waals surface area contributed by atoms with E-state index in [-0.39, 0.29) is 11.6 Å². The van der Waals surface area contributed by atoms with Crippen molar-refractivity contribution >= 4 is 5.97 Å². The van der Waals surface area contributed by atoms with Gasteiger partial charge in [-0.2, -0.15) is 0 Å². The van der Waals surface area contributed by atoms with Crippen LogP contribution >= 0.6 is 0 Å². The van der Waals surface area contributed by atoms with E-state index in [0.717, 1.165) is 25.7 Å². The first-order chi connectivity index (χ1) is 9.57. The minimum Gasteiger partial charge on any atom is -0.455 e. The summed E-state index contributed by atoms with van der Waals surface area (Å²) in [5.41, 5.74) is 0.250. The molecule has 0 radical (unpaired) electrons. The van der Waals surface area contributed by atoms with Crippen molar-refractivity contribution in [2.24, 2.45) is 5.92 Å². The molecule has 20 heavy (non-hydrogen) atoms. The summed E-state index contributed by atoms with van der Waals surface area (Å²) in [6.45, 7) is 5.46. The molecule has 0 N–H and O–H groups in total. The first-order valence-corrected chi connectivity index (χ1v) is 7.99. The van der Waals surface area contributed by atoms with Gasteiger partial charge in [-0.15, -0.1) is 0 Å². The highest BCUT2D eigenvalue weighted by molar-refractivity contribution is 5.87. The summed E-state index contributed by atoms with van der Waals surface area (Å²) < 4.78 is 11.4. The summed E-state index contributed by atoms with van der Waals surface area (Å²) in [6.07, 6.45) is 10.5. The van der Waals surface area contributed by atoms with Crippen molar-refractivity contribution in [3.05, 3.63) is 12.2 Å². The van der Waals surface area contributed by atoms with Crippen LogP contribution in [0.4, 0.5) is 0 Å². The lowest BCUT2D eigenvalue weighted by molar-refractivity contribution is -0.172. The van der Waals surface area contributed by atoms with Gasteiger partial charge in [0.2, 0.25) is 0 Å². The zero-order chi connectivity index (χ0) is 14.6. The molecular formula is C17H28O3. The minimum absolute atomic E-state index is 0.216. The van der Waals surface area contributed by atoms with Gasteiger partial charge in [-0.25, -0.2) is 4.79 Å². The highest BCUT2D eigenvalue weighted by Gasteiger charge is 2.45. The third-order valence-corrected chi connectivity index (χ3v) is 5.11. The van der Waals surface area contributed by atoms with E-state index in [9.17, 15) is 4.79 Å². The van der Waals surface area contributed by atoms with Crippen molar-refractivity contribution in [1.29, 1.82) is 0 Å². The summed E-state index contributed by atoms with van der Waals surface area (Å²) in [6, 6.07) is 0. The van der Waals surface area contributed by atoms with Gasteiger partial charge in [0.1, 0.15) is 5.60 Å². The Labute approximate surface area is 122 Å². The average molecular weight is 280 g/mol. The van der Waals surface area contributed by atoms with Crippen molar-refractivity contribution in [1.82, 2.24) is 0 Å².